The van der Waals surface area contributed by atoms with Gasteiger partial charge in [0.05, 0.1) is 12.5 Å². The van der Waals surface area contributed by atoms with Gasteiger partial charge >= 0.3 is 5.97 Å². The average molecular weight is 215 g/mol. The predicted molar refractivity (Wildman–Crippen MR) is 55.6 cm³/mol. The summed E-state index contributed by atoms with van der Waals surface area (Å²) in [5.41, 5.74) is 5.68. The molecule has 78 valence electrons. The van der Waals surface area contributed by atoms with Gasteiger partial charge in [-0.3, -0.25) is 4.79 Å². The van der Waals surface area contributed by atoms with Crippen molar-refractivity contribution in [3.63, 3.8) is 0 Å². The van der Waals surface area contributed by atoms with E-state index in [9.17, 15) is 4.79 Å². The highest BCUT2D eigenvalue weighted by Crippen LogP contribution is 2.26. The summed E-state index contributed by atoms with van der Waals surface area (Å²) in [6.45, 7) is 0. The van der Waals surface area contributed by atoms with Gasteiger partial charge in [-0.05, 0) is 0 Å². The van der Waals surface area contributed by atoms with Crippen molar-refractivity contribution in [3.05, 3.63) is 11.1 Å². The normalized spacial score (nSPS) is 12.5. The second kappa shape index (κ2) is 4.39. The summed E-state index contributed by atoms with van der Waals surface area (Å²) in [6.07, 6.45) is 1.57. The molecule has 0 aliphatic carbocycles. The zero-order chi connectivity index (χ0) is 10.7. The first-order valence-electron chi connectivity index (χ1n) is 4.11. The van der Waals surface area contributed by atoms with Crippen LogP contribution in [0.5, 0.6) is 0 Å². The molecule has 0 radical (unpaired) electrons. The molecule has 6 heteroatoms. The lowest BCUT2D eigenvalue weighted by Gasteiger charge is -2.06. The molecule has 0 aliphatic rings. The maximum Gasteiger partial charge on any atom is 0.305 e. The maximum atomic E-state index is 10.4. The largest absolute Gasteiger partial charge is 0.481 e. The van der Waals surface area contributed by atoms with Gasteiger partial charge in [0.15, 0.2) is 5.13 Å². The Kier molecular flexibility index (Phi) is 3.43. The molecule has 1 aromatic rings. The number of hydrogen-bond acceptors (Lipinski definition) is 5. The lowest BCUT2D eigenvalue weighted by atomic mass is 10.2. The van der Waals surface area contributed by atoms with E-state index in [-0.39, 0.29) is 6.42 Å². The van der Waals surface area contributed by atoms with E-state index in [1.54, 1.807) is 6.20 Å². The minimum Gasteiger partial charge on any atom is -0.481 e. The Morgan fingerprint density at radius 3 is 2.86 bits per heavy atom. The second-order valence-corrected chi connectivity index (χ2v) is 4.18. The fourth-order valence-electron chi connectivity index (χ4n) is 0.944. The lowest BCUT2D eigenvalue weighted by Crippen LogP contribution is -2.13. The van der Waals surface area contributed by atoms with Gasteiger partial charge in [-0.25, -0.2) is 4.98 Å². The Morgan fingerprint density at radius 2 is 2.43 bits per heavy atom. The van der Waals surface area contributed by atoms with Gasteiger partial charge in [-0.15, -0.1) is 11.3 Å². The summed E-state index contributed by atoms with van der Waals surface area (Å²) in [7, 11) is 3.76. The van der Waals surface area contributed by atoms with Gasteiger partial charge in [0, 0.05) is 25.2 Å². The van der Waals surface area contributed by atoms with Gasteiger partial charge in [-0.1, -0.05) is 0 Å². The number of nitrogens with two attached hydrogens (primary N) is 1. The number of carboxylic acids is 1. The first-order valence-corrected chi connectivity index (χ1v) is 4.92. The van der Waals surface area contributed by atoms with E-state index >= 15 is 0 Å². The molecule has 5 nitrogen and oxygen atoms in total. The van der Waals surface area contributed by atoms with Crippen LogP contribution in [0.4, 0.5) is 5.13 Å². The van der Waals surface area contributed by atoms with Crippen LogP contribution < -0.4 is 10.6 Å². The molecular weight excluding hydrogens is 202 g/mol. The summed E-state index contributed by atoms with van der Waals surface area (Å²) in [5.74, 6) is -0.891. The monoisotopic (exact) mass is 215 g/mol. The fraction of sp³-hybridized carbons (Fsp3) is 0.500. The highest BCUT2D eigenvalue weighted by atomic mass is 32.1. The number of aromatic nitrogens is 1. The van der Waals surface area contributed by atoms with Crippen LogP contribution in [0.1, 0.15) is 17.3 Å². The number of nitrogens with zero attached hydrogens (tertiary/aromatic N) is 2. The van der Waals surface area contributed by atoms with Crippen molar-refractivity contribution >= 4 is 22.4 Å². The van der Waals surface area contributed by atoms with Crippen LogP contribution in [-0.4, -0.2) is 30.2 Å². The molecule has 0 fully saturated rings. The molecule has 0 amide bonds. The Bertz CT molecular complexity index is 324. The molecule has 0 saturated heterocycles. The molecule has 0 aromatic carbocycles. The second-order valence-electron chi connectivity index (χ2n) is 3.14. The number of carbonyl (C=O) groups is 1. The minimum atomic E-state index is -0.891. The van der Waals surface area contributed by atoms with E-state index in [1.807, 2.05) is 19.0 Å². The third-order valence-electron chi connectivity index (χ3n) is 1.65. The van der Waals surface area contributed by atoms with Crippen LogP contribution >= 0.6 is 11.3 Å². The van der Waals surface area contributed by atoms with Gasteiger partial charge in [-0.2, -0.15) is 0 Å². The standard InChI is InChI=1S/C8H13N3O2S/c1-11(2)8-10-4-6(14-8)5(9)3-7(12)13/h4-5H,3,9H2,1-2H3,(H,12,13). The van der Waals surface area contributed by atoms with Crippen molar-refractivity contribution < 1.29 is 9.90 Å². The maximum absolute atomic E-state index is 10.4. The Balaban J connectivity index is 2.71. The number of anilines is 1. The SMILES string of the molecule is CN(C)c1ncc(C(N)CC(=O)O)s1. The molecule has 1 unspecified atom stereocenters. The van der Waals surface area contributed by atoms with Crippen molar-refractivity contribution in [2.24, 2.45) is 5.73 Å². The summed E-state index contributed by atoms with van der Waals surface area (Å²) >= 11 is 1.42. The van der Waals surface area contributed by atoms with Gasteiger partial charge < -0.3 is 15.7 Å². The lowest BCUT2D eigenvalue weighted by molar-refractivity contribution is -0.137. The van der Waals surface area contributed by atoms with E-state index in [0.717, 1.165) is 10.0 Å². The third kappa shape index (κ3) is 2.68. The number of hydrogen-bond donors (Lipinski definition) is 2. The van der Waals surface area contributed by atoms with Gasteiger partial charge in [0.2, 0.25) is 0 Å². The molecule has 14 heavy (non-hydrogen) atoms. The molecular formula is C8H13N3O2S. The Hall–Kier alpha value is -1.14. The Labute approximate surface area is 86.2 Å². The summed E-state index contributed by atoms with van der Waals surface area (Å²) in [4.78, 5) is 17.2. The first-order chi connectivity index (χ1) is 6.50. The van der Waals surface area contributed by atoms with Crippen LogP contribution in [0.25, 0.3) is 0 Å². The number of carboxylic acid groups (broad SMARTS) is 1. The van der Waals surface area contributed by atoms with Gasteiger partial charge in [0.25, 0.3) is 0 Å². The summed E-state index contributed by atoms with van der Waals surface area (Å²) in [5, 5.41) is 9.39. The van der Waals surface area contributed by atoms with E-state index in [2.05, 4.69) is 4.98 Å². The van der Waals surface area contributed by atoms with Crippen molar-refractivity contribution in [1.82, 2.24) is 4.98 Å². The number of rotatable bonds is 4. The van der Waals surface area contributed by atoms with E-state index in [4.69, 9.17) is 10.8 Å². The molecule has 0 bridgehead atoms. The molecule has 0 saturated carbocycles. The molecule has 1 atom stereocenters. The highest BCUT2D eigenvalue weighted by molar-refractivity contribution is 7.15. The van der Waals surface area contributed by atoms with Gasteiger partial charge in [0.1, 0.15) is 0 Å². The fourth-order valence-corrected chi connectivity index (χ4v) is 1.78. The average Bonchev–Trinajstić information content (AvgIpc) is 2.50. The van der Waals surface area contributed by atoms with Crippen molar-refractivity contribution in [2.75, 3.05) is 19.0 Å². The number of aliphatic carboxylic acids is 1. The van der Waals surface area contributed by atoms with Crippen LogP contribution in [0.2, 0.25) is 0 Å². The zero-order valence-corrected chi connectivity index (χ0v) is 8.91. The van der Waals surface area contributed by atoms with Crippen molar-refractivity contribution in [2.45, 2.75) is 12.5 Å². The minimum absolute atomic E-state index is 0.0605. The number of thiazole rings is 1. The van der Waals surface area contributed by atoms with E-state index in [0.29, 0.717) is 0 Å². The van der Waals surface area contributed by atoms with Crippen LogP contribution in [0.15, 0.2) is 6.20 Å². The summed E-state index contributed by atoms with van der Waals surface area (Å²) < 4.78 is 0. The van der Waals surface area contributed by atoms with Crippen LogP contribution in [-0.2, 0) is 4.79 Å². The molecule has 3 N–H and O–H groups in total. The molecule has 1 heterocycles. The predicted octanol–water partition coefficient (Wildman–Crippen LogP) is 0.684. The van der Waals surface area contributed by atoms with Crippen LogP contribution in [0, 0.1) is 0 Å². The van der Waals surface area contributed by atoms with Crippen molar-refractivity contribution in [1.29, 1.82) is 0 Å². The smallest absolute Gasteiger partial charge is 0.305 e. The Morgan fingerprint density at radius 1 is 1.79 bits per heavy atom. The first kappa shape index (κ1) is 10.9. The van der Waals surface area contributed by atoms with Crippen molar-refractivity contribution in [3.8, 4) is 0 Å². The molecule has 0 aliphatic heterocycles. The zero-order valence-electron chi connectivity index (χ0n) is 8.10. The highest BCUT2D eigenvalue weighted by Gasteiger charge is 2.14. The molecule has 0 spiro atoms. The quantitative estimate of drug-likeness (QED) is 0.772. The molecule has 1 rings (SSSR count). The summed E-state index contributed by atoms with van der Waals surface area (Å²) in [6, 6.07) is -0.460. The molecule has 1 aromatic heterocycles. The van der Waals surface area contributed by atoms with E-state index in [1.165, 1.54) is 11.3 Å². The third-order valence-corrected chi connectivity index (χ3v) is 2.95. The van der Waals surface area contributed by atoms with Crippen LogP contribution in [0.3, 0.4) is 0 Å². The topological polar surface area (TPSA) is 79.5 Å². The van der Waals surface area contributed by atoms with E-state index < -0.39 is 12.0 Å².